The van der Waals surface area contributed by atoms with Crippen LogP contribution in [0, 0.1) is 6.92 Å². The first kappa shape index (κ1) is 12.5. The van der Waals surface area contributed by atoms with Crippen LogP contribution in [0.25, 0.3) is 11.0 Å². The summed E-state index contributed by atoms with van der Waals surface area (Å²) in [5.74, 6) is 1.15. The minimum absolute atomic E-state index is 0.273. The quantitative estimate of drug-likeness (QED) is 0.765. The number of nitrogens with zero attached hydrogens (tertiary/aromatic N) is 2. The van der Waals surface area contributed by atoms with Crippen molar-refractivity contribution in [1.82, 2.24) is 9.55 Å². The van der Waals surface area contributed by atoms with Gasteiger partial charge in [0.15, 0.2) is 0 Å². The molecule has 3 aromatic rings. The molecule has 2 heterocycles. The van der Waals surface area contributed by atoms with E-state index in [9.17, 15) is 0 Å². The maximum absolute atomic E-state index is 4.91. The lowest BCUT2D eigenvalue weighted by Crippen LogP contribution is -2.13. The molecule has 1 aromatic heterocycles. The van der Waals surface area contributed by atoms with Gasteiger partial charge in [-0.2, -0.15) is 0 Å². The Kier molecular flexibility index (Phi) is 2.74. The van der Waals surface area contributed by atoms with Crippen LogP contribution in [0.3, 0.4) is 0 Å². The number of hydrogen-bond acceptors (Lipinski definition) is 2. The summed E-state index contributed by atoms with van der Waals surface area (Å²) >= 11 is 0. The number of hydrogen-bond donors (Lipinski definition) is 1. The Balaban J connectivity index is 1.81. The Hall–Kier alpha value is -2.29. The molecular weight excluding hydrogens is 258 g/mol. The van der Waals surface area contributed by atoms with Gasteiger partial charge in [0.2, 0.25) is 0 Å². The van der Waals surface area contributed by atoms with Crippen molar-refractivity contribution in [3.8, 4) is 0 Å². The van der Waals surface area contributed by atoms with Gasteiger partial charge in [-0.05, 0) is 43.2 Å². The Bertz CT molecular complexity index is 791. The van der Waals surface area contributed by atoms with Crippen molar-refractivity contribution >= 4 is 16.7 Å². The van der Waals surface area contributed by atoms with Crippen LogP contribution in [0.4, 0.5) is 5.69 Å². The molecule has 3 nitrogen and oxygen atoms in total. The minimum atomic E-state index is 0.273. The monoisotopic (exact) mass is 277 g/mol. The molecule has 1 atom stereocenters. The van der Waals surface area contributed by atoms with Gasteiger partial charge in [-0.15, -0.1) is 0 Å². The van der Waals surface area contributed by atoms with Crippen molar-refractivity contribution in [2.45, 2.75) is 32.9 Å². The fourth-order valence-electron chi connectivity index (χ4n) is 3.31. The van der Waals surface area contributed by atoms with Gasteiger partial charge in [0, 0.05) is 18.7 Å². The fraction of sp³-hybridized carbons (Fsp3) is 0.278. The van der Waals surface area contributed by atoms with Crippen LogP contribution < -0.4 is 5.32 Å². The van der Waals surface area contributed by atoms with E-state index >= 15 is 0 Å². The van der Waals surface area contributed by atoms with Gasteiger partial charge in [-0.3, -0.25) is 0 Å². The van der Waals surface area contributed by atoms with Crippen molar-refractivity contribution in [3.05, 3.63) is 59.4 Å². The van der Waals surface area contributed by atoms with E-state index in [2.05, 4.69) is 66.2 Å². The molecule has 0 fully saturated rings. The Morgan fingerprint density at radius 3 is 2.90 bits per heavy atom. The van der Waals surface area contributed by atoms with Gasteiger partial charge in [-0.1, -0.05) is 24.3 Å². The molecule has 0 aliphatic carbocycles. The zero-order valence-corrected chi connectivity index (χ0v) is 12.4. The number of rotatable bonds is 2. The summed E-state index contributed by atoms with van der Waals surface area (Å²) in [5, 5.41) is 3.62. The first-order valence-electron chi connectivity index (χ1n) is 7.57. The Morgan fingerprint density at radius 2 is 2.10 bits per heavy atom. The van der Waals surface area contributed by atoms with E-state index in [-0.39, 0.29) is 6.04 Å². The molecule has 0 amide bonds. The van der Waals surface area contributed by atoms with Crippen LogP contribution in [0.15, 0.2) is 42.5 Å². The predicted octanol–water partition coefficient (Wildman–Crippen LogP) is 4.07. The number of anilines is 1. The van der Waals surface area contributed by atoms with Gasteiger partial charge < -0.3 is 9.88 Å². The van der Waals surface area contributed by atoms with Crippen molar-refractivity contribution < 1.29 is 0 Å². The number of aryl methyl sites for hydroxylation is 2. The number of benzene rings is 2. The van der Waals surface area contributed by atoms with Crippen molar-refractivity contribution in [2.75, 3.05) is 5.32 Å². The number of nitrogens with one attached hydrogen (secondary N) is 1. The van der Waals surface area contributed by atoms with E-state index in [0.29, 0.717) is 0 Å². The highest BCUT2D eigenvalue weighted by Crippen LogP contribution is 2.34. The maximum Gasteiger partial charge on any atom is 0.132 e. The van der Waals surface area contributed by atoms with E-state index < -0.39 is 0 Å². The molecule has 0 spiro atoms. The summed E-state index contributed by atoms with van der Waals surface area (Å²) in [6.45, 7) is 5.25. The van der Waals surface area contributed by atoms with Crippen molar-refractivity contribution in [3.63, 3.8) is 0 Å². The largest absolute Gasteiger partial charge is 0.375 e. The average molecular weight is 277 g/mol. The van der Waals surface area contributed by atoms with E-state index in [1.165, 1.54) is 22.3 Å². The second-order valence-corrected chi connectivity index (χ2v) is 5.76. The zero-order chi connectivity index (χ0) is 14.4. The molecular formula is C18H19N3. The molecule has 106 valence electrons. The molecule has 1 N–H and O–H groups in total. The number of aromatic nitrogens is 2. The molecule has 3 heteroatoms. The molecule has 0 radical (unpaired) electrons. The lowest BCUT2D eigenvalue weighted by atomic mass is 10.1. The molecule has 0 bridgehead atoms. The third-order valence-corrected chi connectivity index (χ3v) is 4.33. The van der Waals surface area contributed by atoms with Gasteiger partial charge in [-0.25, -0.2) is 4.98 Å². The topological polar surface area (TPSA) is 29.9 Å². The highest BCUT2D eigenvalue weighted by Gasteiger charge is 2.26. The minimum Gasteiger partial charge on any atom is -0.375 e. The van der Waals surface area contributed by atoms with E-state index in [1.54, 1.807) is 0 Å². The van der Waals surface area contributed by atoms with Crippen molar-refractivity contribution in [2.24, 2.45) is 0 Å². The van der Waals surface area contributed by atoms with Crippen LogP contribution in [0.1, 0.15) is 29.9 Å². The van der Waals surface area contributed by atoms with Crippen LogP contribution in [-0.2, 0) is 13.0 Å². The molecule has 0 saturated carbocycles. The summed E-state index contributed by atoms with van der Waals surface area (Å²) in [7, 11) is 0. The van der Waals surface area contributed by atoms with E-state index in [0.717, 1.165) is 24.3 Å². The summed E-state index contributed by atoms with van der Waals surface area (Å²) in [6.07, 6.45) is 1.01. The van der Waals surface area contributed by atoms with Gasteiger partial charge in [0.05, 0.1) is 17.1 Å². The van der Waals surface area contributed by atoms with Crippen LogP contribution in [-0.4, -0.2) is 9.55 Å². The van der Waals surface area contributed by atoms with Crippen molar-refractivity contribution in [1.29, 1.82) is 0 Å². The third-order valence-electron chi connectivity index (χ3n) is 4.33. The van der Waals surface area contributed by atoms with Crippen LogP contribution >= 0.6 is 0 Å². The lowest BCUT2D eigenvalue weighted by Gasteiger charge is -2.13. The molecule has 1 aliphatic rings. The normalized spacial score (nSPS) is 17.0. The summed E-state index contributed by atoms with van der Waals surface area (Å²) in [6, 6.07) is 15.3. The van der Waals surface area contributed by atoms with Gasteiger partial charge in [0.25, 0.3) is 0 Å². The molecule has 1 unspecified atom stereocenters. The van der Waals surface area contributed by atoms with Gasteiger partial charge >= 0.3 is 0 Å². The summed E-state index contributed by atoms with van der Waals surface area (Å²) in [5.41, 5.74) is 6.22. The second-order valence-electron chi connectivity index (χ2n) is 5.76. The smallest absolute Gasteiger partial charge is 0.132 e. The first-order chi connectivity index (χ1) is 10.3. The number of fused-ring (bicyclic) bond motifs is 2. The highest BCUT2D eigenvalue weighted by molar-refractivity contribution is 5.77. The van der Waals surface area contributed by atoms with E-state index in [4.69, 9.17) is 4.98 Å². The zero-order valence-electron chi connectivity index (χ0n) is 12.4. The molecule has 21 heavy (non-hydrogen) atoms. The van der Waals surface area contributed by atoms with Crippen LogP contribution in [0.2, 0.25) is 0 Å². The Morgan fingerprint density at radius 1 is 1.24 bits per heavy atom. The molecule has 2 aromatic carbocycles. The van der Waals surface area contributed by atoms with E-state index in [1.807, 2.05) is 0 Å². The second kappa shape index (κ2) is 4.62. The Labute approximate surface area is 124 Å². The summed E-state index contributed by atoms with van der Waals surface area (Å²) < 4.78 is 2.33. The predicted molar refractivity (Wildman–Crippen MR) is 86.7 cm³/mol. The average Bonchev–Trinajstić information content (AvgIpc) is 3.06. The third kappa shape index (κ3) is 1.92. The van der Waals surface area contributed by atoms with Crippen LogP contribution in [0.5, 0.6) is 0 Å². The number of para-hydroxylation sites is 1. The highest BCUT2D eigenvalue weighted by atomic mass is 15.1. The lowest BCUT2D eigenvalue weighted by molar-refractivity contribution is 0.656. The molecule has 4 rings (SSSR count). The standard InChI is InChI=1S/C18H19N3/c1-3-21-17-9-8-12(2)10-15(17)20-18(21)16-11-13-6-4-5-7-14(13)19-16/h4-10,16,19H,3,11H2,1-2H3. The summed E-state index contributed by atoms with van der Waals surface area (Å²) in [4.78, 5) is 4.91. The molecule has 0 saturated heterocycles. The van der Waals surface area contributed by atoms with Gasteiger partial charge in [0.1, 0.15) is 5.82 Å². The fourth-order valence-corrected chi connectivity index (χ4v) is 3.31. The maximum atomic E-state index is 4.91. The first-order valence-corrected chi connectivity index (χ1v) is 7.57. The molecule has 1 aliphatic heterocycles. The number of imidazole rings is 1. The SMILES string of the molecule is CCn1c(C2Cc3ccccc3N2)nc2cc(C)ccc21.